The molecule has 6 heteroatoms. The van der Waals surface area contributed by atoms with E-state index < -0.39 is 0 Å². The van der Waals surface area contributed by atoms with Gasteiger partial charge in [0.15, 0.2) is 5.96 Å². The second-order valence-electron chi connectivity index (χ2n) is 5.21. The fourth-order valence-electron chi connectivity index (χ4n) is 1.63. The summed E-state index contributed by atoms with van der Waals surface area (Å²) >= 11 is 0. The van der Waals surface area contributed by atoms with Crippen molar-refractivity contribution < 1.29 is 9.53 Å². The number of aliphatic imine (C=N–C) groups is 1. The van der Waals surface area contributed by atoms with Crippen LogP contribution in [0.2, 0.25) is 0 Å². The van der Waals surface area contributed by atoms with Crippen molar-refractivity contribution in [2.75, 3.05) is 40.9 Å². The second kappa shape index (κ2) is 9.78. The lowest BCUT2D eigenvalue weighted by molar-refractivity contribution is -0.127. The number of carbonyl (C=O) groups is 1. The molecule has 0 heterocycles. The third-order valence-electron chi connectivity index (χ3n) is 3.04. The van der Waals surface area contributed by atoms with E-state index in [4.69, 9.17) is 4.74 Å². The average Bonchev–Trinajstić information content (AvgIpc) is 2.50. The Morgan fingerprint density at radius 2 is 1.91 bits per heavy atom. The van der Waals surface area contributed by atoms with Crippen LogP contribution in [-0.2, 0) is 16.1 Å². The SMILES string of the molecule is COCCNC(=NCc1ccc(C)cc1)NCC(=O)N(C)C. The Morgan fingerprint density at radius 1 is 1.23 bits per heavy atom. The highest BCUT2D eigenvalue weighted by Crippen LogP contribution is 2.04. The monoisotopic (exact) mass is 306 g/mol. The number of aryl methyl sites for hydroxylation is 1. The standard InChI is InChI=1S/C16H26N4O2/c1-13-5-7-14(8-6-13)11-18-16(17-9-10-22-4)19-12-15(21)20(2)3/h5-8H,9-12H2,1-4H3,(H2,17,18,19). The lowest BCUT2D eigenvalue weighted by atomic mass is 10.1. The average molecular weight is 306 g/mol. The Labute approximate surface area is 132 Å². The van der Waals surface area contributed by atoms with Gasteiger partial charge in [0, 0.05) is 27.7 Å². The lowest BCUT2D eigenvalue weighted by Crippen LogP contribution is -2.43. The maximum atomic E-state index is 11.6. The molecule has 0 aromatic heterocycles. The molecule has 0 saturated carbocycles. The summed E-state index contributed by atoms with van der Waals surface area (Å²) in [4.78, 5) is 17.7. The Hall–Kier alpha value is -2.08. The van der Waals surface area contributed by atoms with Crippen molar-refractivity contribution >= 4 is 11.9 Å². The van der Waals surface area contributed by atoms with Crippen LogP contribution >= 0.6 is 0 Å². The first-order chi connectivity index (χ1) is 10.5. The topological polar surface area (TPSA) is 66.0 Å². The van der Waals surface area contributed by atoms with Crippen LogP contribution in [0.3, 0.4) is 0 Å². The van der Waals surface area contributed by atoms with E-state index in [9.17, 15) is 4.79 Å². The van der Waals surface area contributed by atoms with E-state index in [0.717, 1.165) is 5.56 Å². The molecule has 0 radical (unpaired) electrons. The molecule has 0 fully saturated rings. The van der Waals surface area contributed by atoms with Crippen molar-refractivity contribution in [2.45, 2.75) is 13.5 Å². The first kappa shape index (κ1) is 18.0. The summed E-state index contributed by atoms with van der Waals surface area (Å²) in [5, 5.41) is 6.17. The molecule has 0 aliphatic carbocycles. The number of hydrogen-bond donors (Lipinski definition) is 2. The third kappa shape index (κ3) is 7.08. The van der Waals surface area contributed by atoms with Crippen LogP contribution in [0.15, 0.2) is 29.3 Å². The largest absolute Gasteiger partial charge is 0.383 e. The van der Waals surface area contributed by atoms with Gasteiger partial charge >= 0.3 is 0 Å². The summed E-state index contributed by atoms with van der Waals surface area (Å²) in [6, 6.07) is 8.23. The number of rotatable bonds is 7. The van der Waals surface area contributed by atoms with Crippen LogP contribution in [0.4, 0.5) is 0 Å². The van der Waals surface area contributed by atoms with Gasteiger partial charge in [-0.2, -0.15) is 0 Å². The van der Waals surface area contributed by atoms with Crippen molar-refractivity contribution in [2.24, 2.45) is 4.99 Å². The first-order valence-corrected chi connectivity index (χ1v) is 7.29. The van der Waals surface area contributed by atoms with Gasteiger partial charge in [0.05, 0.1) is 19.7 Å². The number of carbonyl (C=O) groups excluding carboxylic acids is 1. The maximum absolute atomic E-state index is 11.6. The van der Waals surface area contributed by atoms with Crippen LogP contribution in [0.25, 0.3) is 0 Å². The lowest BCUT2D eigenvalue weighted by Gasteiger charge is -2.14. The van der Waals surface area contributed by atoms with E-state index in [2.05, 4.69) is 46.8 Å². The predicted molar refractivity (Wildman–Crippen MR) is 88.9 cm³/mol. The van der Waals surface area contributed by atoms with E-state index in [1.165, 1.54) is 5.56 Å². The first-order valence-electron chi connectivity index (χ1n) is 7.29. The van der Waals surface area contributed by atoms with Crippen LogP contribution in [0.1, 0.15) is 11.1 Å². The molecule has 0 spiro atoms. The molecule has 1 aromatic rings. The number of nitrogens with one attached hydrogen (secondary N) is 2. The summed E-state index contributed by atoms with van der Waals surface area (Å²) in [5.74, 6) is 0.601. The summed E-state index contributed by atoms with van der Waals surface area (Å²) < 4.78 is 5.01. The van der Waals surface area contributed by atoms with Crippen molar-refractivity contribution in [1.82, 2.24) is 15.5 Å². The minimum atomic E-state index is -0.00317. The number of methoxy groups -OCH3 is 1. The van der Waals surface area contributed by atoms with Gasteiger partial charge < -0.3 is 20.3 Å². The molecule has 1 aromatic carbocycles. The Balaban J connectivity index is 2.60. The summed E-state index contributed by atoms with van der Waals surface area (Å²) in [5.41, 5.74) is 2.35. The normalized spacial score (nSPS) is 11.2. The highest BCUT2D eigenvalue weighted by Gasteiger charge is 2.05. The highest BCUT2D eigenvalue weighted by atomic mass is 16.5. The molecule has 1 amide bonds. The van der Waals surface area contributed by atoms with Crippen LogP contribution < -0.4 is 10.6 Å². The van der Waals surface area contributed by atoms with Gasteiger partial charge in [0.1, 0.15) is 0 Å². The van der Waals surface area contributed by atoms with E-state index in [1.807, 2.05) is 0 Å². The Kier molecular flexibility index (Phi) is 7.99. The molecule has 0 atom stereocenters. The highest BCUT2D eigenvalue weighted by molar-refractivity contribution is 5.86. The minimum Gasteiger partial charge on any atom is -0.383 e. The van der Waals surface area contributed by atoms with Gasteiger partial charge in [-0.3, -0.25) is 4.79 Å². The zero-order valence-corrected chi connectivity index (χ0v) is 13.8. The van der Waals surface area contributed by atoms with Gasteiger partial charge in [-0.1, -0.05) is 29.8 Å². The van der Waals surface area contributed by atoms with E-state index in [-0.39, 0.29) is 12.5 Å². The number of guanidine groups is 1. The number of likely N-dealkylation sites (N-methyl/N-ethyl adjacent to an activating group) is 1. The zero-order chi connectivity index (χ0) is 16.4. The van der Waals surface area contributed by atoms with Gasteiger partial charge in [-0.25, -0.2) is 4.99 Å². The van der Waals surface area contributed by atoms with Gasteiger partial charge in [0.25, 0.3) is 0 Å². The third-order valence-corrected chi connectivity index (χ3v) is 3.04. The molecule has 2 N–H and O–H groups in total. The van der Waals surface area contributed by atoms with Crippen molar-refractivity contribution in [3.05, 3.63) is 35.4 Å². The minimum absolute atomic E-state index is 0.00317. The van der Waals surface area contributed by atoms with Crippen LogP contribution in [-0.4, -0.2) is 57.7 Å². The van der Waals surface area contributed by atoms with Crippen molar-refractivity contribution in [3.8, 4) is 0 Å². The molecule has 0 aliphatic rings. The summed E-state index contributed by atoms with van der Waals surface area (Å²) in [6.45, 7) is 4.02. The van der Waals surface area contributed by atoms with Gasteiger partial charge in [-0.05, 0) is 12.5 Å². The zero-order valence-electron chi connectivity index (χ0n) is 13.8. The molecule has 6 nitrogen and oxygen atoms in total. The Morgan fingerprint density at radius 3 is 2.50 bits per heavy atom. The smallest absolute Gasteiger partial charge is 0.241 e. The maximum Gasteiger partial charge on any atom is 0.241 e. The fraction of sp³-hybridized carbons (Fsp3) is 0.500. The molecule has 1 rings (SSSR count). The summed E-state index contributed by atoms with van der Waals surface area (Å²) in [6.07, 6.45) is 0. The molecular formula is C16H26N4O2. The molecule has 22 heavy (non-hydrogen) atoms. The molecule has 0 saturated heterocycles. The molecule has 0 bridgehead atoms. The van der Waals surface area contributed by atoms with Crippen LogP contribution in [0.5, 0.6) is 0 Å². The predicted octanol–water partition coefficient (Wildman–Crippen LogP) is 0.765. The van der Waals surface area contributed by atoms with Crippen LogP contribution in [0, 0.1) is 6.92 Å². The van der Waals surface area contributed by atoms with Crippen molar-refractivity contribution in [3.63, 3.8) is 0 Å². The molecule has 0 aliphatic heterocycles. The molecular weight excluding hydrogens is 280 g/mol. The Bertz CT molecular complexity index is 483. The number of hydrogen-bond acceptors (Lipinski definition) is 3. The quantitative estimate of drug-likeness (QED) is 0.443. The second-order valence-corrected chi connectivity index (χ2v) is 5.21. The fourth-order valence-corrected chi connectivity index (χ4v) is 1.63. The van der Waals surface area contributed by atoms with E-state index in [1.54, 1.807) is 26.1 Å². The number of benzene rings is 1. The number of nitrogens with zero attached hydrogens (tertiary/aromatic N) is 2. The molecule has 0 unspecified atom stereocenters. The summed E-state index contributed by atoms with van der Waals surface area (Å²) in [7, 11) is 5.10. The van der Waals surface area contributed by atoms with E-state index >= 15 is 0 Å². The van der Waals surface area contributed by atoms with Gasteiger partial charge in [-0.15, -0.1) is 0 Å². The van der Waals surface area contributed by atoms with Gasteiger partial charge in [0.2, 0.25) is 5.91 Å². The molecule has 122 valence electrons. The van der Waals surface area contributed by atoms with E-state index in [0.29, 0.717) is 25.7 Å². The van der Waals surface area contributed by atoms with Crippen molar-refractivity contribution in [1.29, 1.82) is 0 Å². The number of amides is 1. The number of ether oxygens (including phenoxy) is 1.